The van der Waals surface area contributed by atoms with Crippen molar-refractivity contribution in [2.45, 2.75) is 32.1 Å². The van der Waals surface area contributed by atoms with Gasteiger partial charge in [0.25, 0.3) is 0 Å². The fourth-order valence-electron chi connectivity index (χ4n) is 1.26. The number of carboxylic acids is 1. The van der Waals surface area contributed by atoms with E-state index in [1.54, 1.807) is 24.8 Å². The predicted molar refractivity (Wildman–Crippen MR) is 64.8 cm³/mol. The zero-order chi connectivity index (χ0) is 12.1. The van der Waals surface area contributed by atoms with Gasteiger partial charge in [-0.2, -0.15) is 11.8 Å². The molecule has 5 heteroatoms. The van der Waals surface area contributed by atoms with Gasteiger partial charge >= 0.3 is 5.97 Å². The van der Waals surface area contributed by atoms with Gasteiger partial charge in [0, 0.05) is 17.4 Å². The maximum absolute atomic E-state index is 10.7. The molecular weight excluding hydrogens is 226 g/mol. The van der Waals surface area contributed by atoms with E-state index in [1.807, 2.05) is 6.92 Å². The minimum Gasteiger partial charge on any atom is -0.475 e. The molecule has 0 saturated heterocycles. The lowest BCUT2D eigenvalue weighted by Crippen LogP contribution is -2.21. The lowest BCUT2D eigenvalue weighted by molar-refractivity contribution is 0.0659. The fourth-order valence-corrected chi connectivity index (χ4v) is 2.26. The van der Waals surface area contributed by atoms with Crippen molar-refractivity contribution in [3.05, 3.63) is 23.2 Å². The molecule has 0 aromatic carbocycles. The van der Waals surface area contributed by atoms with Gasteiger partial charge in [0.05, 0.1) is 5.75 Å². The van der Waals surface area contributed by atoms with Crippen LogP contribution in [0.1, 0.15) is 35.2 Å². The molecule has 0 amide bonds. The number of thioether (sulfide) groups is 1. The molecule has 3 N–H and O–H groups in total. The highest BCUT2D eigenvalue weighted by Crippen LogP contribution is 2.20. The zero-order valence-electron chi connectivity index (χ0n) is 9.53. The number of aryl methyl sites for hydroxylation is 1. The molecule has 16 heavy (non-hydrogen) atoms. The van der Waals surface area contributed by atoms with E-state index in [2.05, 4.69) is 0 Å². The summed E-state index contributed by atoms with van der Waals surface area (Å²) in [5, 5.41) is 8.81. The van der Waals surface area contributed by atoms with Crippen LogP contribution in [0.25, 0.3) is 0 Å². The van der Waals surface area contributed by atoms with Crippen LogP contribution in [0.4, 0.5) is 0 Å². The van der Waals surface area contributed by atoms with Crippen LogP contribution < -0.4 is 5.73 Å². The van der Waals surface area contributed by atoms with Crippen molar-refractivity contribution >= 4 is 17.7 Å². The third-order valence-electron chi connectivity index (χ3n) is 2.26. The van der Waals surface area contributed by atoms with Gasteiger partial charge in [-0.25, -0.2) is 4.79 Å². The summed E-state index contributed by atoms with van der Waals surface area (Å²) in [5.41, 5.74) is 6.44. The highest BCUT2D eigenvalue weighted by Gasteiger charge is 2.14. The summed E-state index contributed by atoms with van der Waals surface area (Å²) in [4.78, 5) is 10.7. The fraction of sp³-hybridized carbons (Fsp3) is 0.545. The maximum atomic E-state index is 10.7. The molecule has 0 bridgehead atoms. The van der Waals surface area contributed by atoms with Gasteiger partial charge in [-0.15, -0.1) is 0 Å². The summed E-state index contributed by atoms with van der Waals surface area (Å²) in [7, 11) is 0. The number of rotatable bonds is 6. The molecule has 0 aliphatic rings. The number of hydrogen-bond acceptors (Lipinski definition) is 4. The average molecular weight is 243 g/mol. The van der Waals surface area contributed by atoms with E-state index in [0.29, 0.717) is 17.1 Å². The molecule has 1 atom stereocenters. The number of aromatic carboxylic acids is 1. The normalized spacial score (nSPS) is 12.7. The Bertz CT molecular complexity index is 362. The number of hydrogen-bond donors (Lipinski definition) is 2. The van der Waals surface area contributed by atoms with E-state index >= 15 is 0 Å². The smallest absolute Gasteiger partial charge is 0.372 e. The van der Waals surface area contributed by atoms with Crippen molar-refractivity contribution in [2.75, 3.05) is 5.75 Å². The molecule has 1 heterocycles. The molecule has 0 radical (unpaired) electrons. The van der Waals surface area contributed by atoms with Gasteiger partial charge in [0.2, 0.25) is 5.76 Å². The monoisotopic (exact) mass is 243 g/mol. The van der Waals surface area contributed by atoms with Crippen molar-refractivity contribution in [2.24, 2.45) is 5.73 Å². The van der Waals surface area contributed by atoms with Crippen LogP contribution in [0.3, 0.4) is 0 Å². The molecule has 0 saturated carbocycles. The van der Waals surface area contributed by atoms with Crippen LogP contribution in [0.5, 0.6) is 0 Å². The summed E-state index contributed by atoms with van der Waals surface area (Å²) in [6, 6.07) is 1.97. The first-order valence-electron chi connectivity index (χ1n) is 5.20. The first-order valence-corrected chi connectivity index (χ1v) is 6.36. The number of furan rings is 1. The number of nitrogens with two attached hydrogens (primary N) is 1. The second kappa shape index (κ2) is 5.96. The Labute approximate surface area is 99.2 Å². The van der Waals surface area contributed by atoms with Crippen LogP contribution in [0, 0.1) is 6.92 Å². The summed E-state index contributed by atoms with van der Waals surface area (Å²) in [6.45, 7) is 3.78. The van der Waals surface area contributed by atoms with Crippen LogP contribution in [-0.2, 0) is 5.75 Å². The summed E-state index contributed by atoms with van der Waals surface area (Å²) in [5.74, 6) is 1.25. The molecule has 0 fully saturated rings. The Balaban J connectivity index is 2.49. The van der Waals surface area contributed by atoms with Gasteiger partial charge in [-0.1, -0.05) is 6.92 Å². The lowest BCUT2D eigenvalue weighted by Gasteiger charge is -2.06. The van der Waals surface area contributed by atoms with Crippen LogP contribution in [0.2, 0.25) is 0 Å². The second-order valence-electron chi connectivity index (χ2n) is 3.71. The highest BCUT2D eigenvalue weighted by atomic mass is 32.2. The molecule has 0 aliphatic carbocycles. The Morgan fingerprint density at radius 3 is 2.88 bits per heavy atom. The van der Waals surface area contributed by atoms with E-state index in [9.17, 15) is 4.79 Å². The summed E-state index contributed by atoms with van der Waals surface area (Å²) >= 11 is 1.66. The van der Waals surface area contributed by atoms with E-state index in [0.717, 1.165) is 12.2 Å². The third kappa shape index (κ3) is 3.57. The molecule has 0 aliphatic heterocycles. The molecule has 4 nitrogen and oxygen atoms in total. The molecule has 1 unspecified atom stereocenters. The summed E-state index contributed by atoms with van der Waals surface area (Å²) < 4.78 is 5.23. The Morgan fingerprint density at radius 2 is 2.38 bits per heavy atom. The minimum atomic E-state index is -1.01. The van der Waals surface area contributed by atoms with Crippen LogP contribution in [-0.4, -0.2) is 22.9 Å². The van der Waals surface area contributed by atoms with E-state index < -0.39 is 5.97 Å². The third-order valence-corrected chi connectivity index (χ3v) is 3.42. The maximum Gasteiger partial charge on any atom is 0.372 e. The topological polar surface area (TPSA) is 76.5 Å². The van der Waals surface area contributed by atoms with Crippen LogP contribution >= 0.6 is 11.8 Å². The average Bonchev–Trinajstić information content (AvgIpc) is 2.59. The first kappa shape index (κ1) is 13.1. The molecule has 1 aromatic heterocycles. The first-order chi connectivity index (χ1) is 7.54. The predicted octanol–water partition coefficient (Wildman–Crippen LogP) is 2.26. The van der Waals surface area contributed by atoms with Crippen molar-refractivity contribution < 1.29 is 14.3 Å². The molecular formula is C11H17NO3S. The molecule has 1 rings (SSSR count). The van der Waals surface area contributed by atoms with Gasteiger partial charge in [0.1, 0.15) is 5.76 Å². The highest BCUT2D eigenvalue weighted by molar-refractivity contribution is 7.98. The van der Waals surface area contributed by atoms with Gasteiger partial charge < -0.3 is 15.3 Å². The number of carboxylic acid groups (broad SMARTS) is 1. The van der Waals surface area contributed by atoms with Crippen molar-refractivity contribution in [3.8, 4) is 0 Å². The van der Waals surface area contributed by atoms with Crippen molar-refractivity contribution in [3.63, 3.8) is 0 Å². The molecule has 0 spiro atoms. The van der Waals surface area contributed by atoms with Gasteiger partial charge in [-0.05, 0) is 19.4 Å². The van der Waals surface area contributed by atoms with E-state index in [1.165, 1.54) is 0 Å². The zero-order valence-corrected chi connectivity index (χ0v) is 10.3. The number of carbonyl (C=O) groups is 1. The quantitative estimate of drug-likeness (QED) is 0.801. The Kier molecular flexibility index (Phi) is 4.89. The molecule has 1 aromatic rings. The Morgan fingerprint density at radius 1 is 1.69 bits per heavy atom. The largest absolute Gasteiger partial charge is 0.475 e. The Hall–Kier alpha value is -0.940. The van der Waals surface area contributed by atoms with E-state index in [4.69, 9.17) is 15.3 Å². The van der Waals surface area contributed by atoms with Crippen molar-refractivity contribution in [1.29, 1.82) is 0 Å². The van der Waals surface area contributed by atoms with Crippen molar-refractivity contribution in [1.82, 2.24) is 0 Å². The van der Waals surface area contributed by atoms with Gasteiger partial charge in [-0.3, -0.25) is 0 Å². The second-order valence-corrected chi connectivity index (χ2v) is 4.74. The van der Waals surface area contributed by atoms with Gasteiger partial charge in [0.15, 0.2) is 0 Å². The lowest BCUT2D eigenvalue weighted by atomic mass is 10.3. The van der Waals surface area contributed by atoms with E-state index in [-0.39, 0.29) is 11.8 Å². The van der Waals surface area contributed by atoms with Crippen LogP contribution in [0.15, 0.2) is 10.5 Å². The summed E-state index contributed by atoms with van der Waals surface area (Å²) in [6.07, 6.45) is 0.949. The standard InChI is InChI=1S/C11H17NO3S/c1-3-8(12)5-16-6-9-4-7(2)10(15-9)11(13)14/h4,8H,3,5-6,12H2,1-2H3,(H,13,14). The molecule has 90 valence electrons. The minimum absolute atomic E-state index is 0.0374. The SMILES string of the molecule is CCC(N)CSCc1cc(C)c(C(=O)O)o1.